The molecule has 0 spiro atoms. The van der Waals surface area contributed by atoms with E-state index in [-0.39, 0.29) is 13.1 Å². The highest BCUT2D eigenvalue weighted by molar-refractivity contribution is 5.98. The number of nitro groups is 1. The van der Waals surface area contributed by atoms with Crippen molar-refractivity contribution in [2.75, 3.05) is 19.6 Å². The average Bonchev–Trinajstić information content (AvgIpc) is 2.48. The van der Waals surface area contributed by atoms with Gasteiger partial charge in [-0.15, -0.1) is 0 Å². The molecule has 0 aliphatic carbocycles. The molecule has 0 bridgehead atoms. The van der Waals surface area contributed by atoms with E-state index in [4.69, 9.17) is 5.26 Å². The highest BCUT2D eigenvalue weighted by Crippen LogP contribution is 2.24. The quantitative estimate of drug-likeness (QED) is 0.643. The first kappa shape index (κ1) is 14.8. The third-order valence-electron chi connectivity index (χ3n) is 3.12. The summed E-state index contributed by atoms with van der Waals surface area (Å²) in [6.45, 7) is 0.758. The lowest BCUT2D eigenvalue weighted by Crippen LogP contribution is -2.53. The first-order chi connectivity index (χ1) is 9.95. The maximum absolute atomic E-state index is 13.3. The minimum absolute atomic E-state index is 0.146. The zero-order valence-corrected chi connectivity index (χ0v) is 10.7. The third kappa shape index (κ3) is 2.80. The van der Waals surface area contributed by atoms with Gasteiger partial charge in [-0.1, -0.05) is 0 Å². The molecule has 1 atom stereocenters. The lowest BCUT2D eigenvalue weighted by Gasteiger charge is -2.31. The van der Waals surface area contributed by atoms with E-state index in [9.17, 15) is 23.7 Å². The van der Waals surface area contributed by atoms with E-state index in [1.165, 1.54) is 0 Å². The van der Waals surface area contributed by atoms with Gasteiger partial charge in [-0.05, 0) is 6.07 Å². The Morgan fingerprint density at radius 1 is 1.48 bits per heavy atom. The molecule has 0 saturated carbocycles. The Morgan fingerprint density at radius 2 is 2.14 bits per heavy atom. The first-order valence-electron chi connectivity index (χ1n) is 6.00. The Balaban J connectivity index is 2.45. The van der Waals surface area contributed by atoms with Crippen LogP contribution in [0.1, 0.15) is 10.4 Å². The largest absolute Gasteiger partial charge is 0.320 e. The molecule has 1 aromatic carbocycles. The summed E-state index contributed by atoms with van der Waals surface area (Å²) in [6, 6.07) is 1.92. The van der Waals surface area contributed by atoms with Gasteiger partial charge in [-0.25, -0.2) is 8.78 Å². The molecule has 1 heterocycles. The van der Waals surface area contributed by atoms with Crippen LogP contribution in [0.2, 0.25) is 0 Å². The Labute approximate surface area is 117 Å². The zero-order chi connectivity index (χ0) is 15.6. The van der Waals surface area contributed by atoms with Gasteiger partial charge in [0.15, 0.2) is 11.6 Å². The number of piperazine rings is 1. The van der Waals surface area contributed by atoms with Gasteiger partial charge in [-0.3, -0.25) is 14.9 Å². The molecule has 7 nitrogen and oxygen atoms in total. The molecular formula is C12H10F2N4O3. The van der Waals surface area contributed by atoms with Crippen molar-refractivity contribution < 1.29 is 18.5 Å². The van der Waals surface area contributed by atoms with Crippen LogP contribution in [0.5, 0.6) is 0 Å². The fourth-order valence-corrected chi connectivity index (χ4v) is 2.08. The predicted octanol–water partition coefficient (Wildman–Crippen LogP) is 0.811. The summed E-state index contributed by atoms with van der Waals surface area (Å²) < 4.78 is 26.4. The van der Waals surface area contributed by atoms with Gasteiger partial charge in [0.05, 0.1) is 17.1 Å². The minimum Gasteiger partial charge on any atom is -0.320 e. The number of nitriles is 1. The van der Waals surface area contributed by atoms with Crippen LogP contribution in [0, 0.1) is 33.1 Å². The number of rotatable bonds is 2. The first-order valence-corrected chi connectivity index (χ1v) is 6.00. The standard InChI is InChI=1S/C12H10F2N4O3/c13-9-3-8(11(18(20)21)4-10(9)14)12(19)17-2-1-16-6-7(17)5-15/h3-4,7,16H,1-2,6H2. The van der Waals surface area contributed by atoms with Crippen LogP contribution in [-0.2, 0) is 0 Å². The molecule has 1 amide bonds. The van der Waals surface area contributed by atoms with Crippen molar-refractivity contribution in [3.8, 4) is 6.07 Å². The molecule has 1 fully saturated rings. The van der Waals surface area contributed by atoms with E-state index in [1.807, 2.05) is 6.07 Å². The van der Waals surface area contributed by atoms with Gasteiger partial charge in [0.2, 0.25) is 0 Å². The second kappa shape index (κ2) is 5.80. The highest BCUT2D eigenvalue weighted by atomic mass is 19.2. The summed E-state index contributed by atoms with van der Waals surface area (Å²) in [5.74, 6) is -3.63. The molecule has 1 unspecified atom stereocenters. The van der Waals surface area contributed by atoms with Crippen molar-refractivity contribution in [3.05, 3.63) is 39.4 Å². The molecule has 1 aliphatic rings. The molecular weight excluding hydrogens is 286 g/mol. The average molecular weight is 296 g/mol. The summed E-state index contributed by atoms with van der Waals surface area (Å²) in [4.78, 5) is 23.4. The number of hydrogen-bond acceptors (Lipinski definition) is 5. The van der Waals surface area contributed by atoms with Gasteiger partial charge in [0.1, 0.15) is 11.6 Å². The van der Waals surface area contributed by atoms with Crippen molar-refractivity contribution >= 4 is 11.6 Å². The zero-order valence-electron chi connectivity index (χ0n) is 10.7. The maximum Gasteiger partial charge on any atom is 0.285 e. The Morgan fingerprint density at radius 3 is 2.76 bits per heavy atom. The number of hydrogen-bond donors (Lipinski definition) is 1. The normalized spacial score (nSPS) is 18.1. The molecule has 21 heavy (non-hydrogen) atoms. The van der Waals surface area contributed by atoms with Crippen molar-refractivity contribution in [1.29, 1.82) is 5.26 Å². The summed E-state index contributed by atoms with van der Waals surface area (Å²) >= 11 is 0. The van der Waals surface area contributed by atoms with E-state index in [1.54, 1.807) is 0 Å². The number of amides is 1. The minimum atomic E-state index is -1.41. The van der Waals surface area contributed by atoms with E-state index < -0.39 is 39.8 Å². The van der Waals surface area contributed by atoms with Gasteiger partial charge < -0.3 is 10.2 Å². The fourth-order valence-electron chi connectivity index (χ4n) is 2.08. The lowest BCUT2D eigenvalue weighted by atomic mass is 10.1. The van der Waals surface area contributed by atoms with Crippen LogP contribution in [-0.4, -0.2) is 41.4 Å². The molecule has 1 aromatic rings. The molecule has 2 rings (SSSR count). The second-order valence-corrected chi connectivity index (χ2v) is 4.39. The number of benzene rings is 1. The number of nitro benzene ring substituents is 1. The Bertz CT molecular complexity index is 644. The summed E-state index contributed by atoms with van der Waals surface area (Å²) in [7, 11) is 0. The van der Waals surface area contributed by atoms with Gasteiger partial charge in [-0.2, -0.15) is 5.26 Å². The fraction of sp³-hybridized carbons (Fsp3) is 0.333. The number of carbonyl (C=O) groups excluding carboxylic acids is 1. The summed E-state index contributed by atoms with van der Waals surface area (Å²) in [6.07, 6.45) is 0. The maximum atomic E-state index is 13.3. The smallest absolute Gasteiger partial charge is 0.285 e. The molecule has 1 aliphatic heterocycles. The van der Waals surface area contributed by atoms with Crippen LogP contribution in [0.15, 0.2) is 12.1 Å². The molecule has 110 valence electrons. The van der Waals surface area contributed by atoms with Crippen LogP contribution < -0.4 is 5.32 Å². The molecule has 0 radical (unpaired) electrons. The van der Waals surface area contributed by atoms with Gasteiger partial charge >= 0.3 is 0 Å². The topological polar surface area (TPSA) is 99.3 Å². The van der Waals surface area contributed by atoms with Gasteiger partial charge in [0, 0.05) is 19.6 Å². The second-order valence-electron chi connectivity index (χ2n) is 4.39. The molecule has 0 aromatic heterocycles. The third-order valence-corrected chi connectivity index (χ3v) is 3.12. The van der Waals surface area contributed by atoms with E-state index in [0.717, 1.165) is 4.90 Å². The monoisotopic (exact) mass is 296 g/mol. The molecule has 9 heteroatoms. The van der Waals surface area contributed by atoms with Crippen molar-refractivity contribution in [3.63, 3.8) is 0 Å². The predicted molar refractivity (Wildman–Crippen MR) is 66.3 cm³/mol. The van der Waals surface area contributed by atoms with Crippen LogP contribution in [0.25, 0.3) is 0 Å². The number of halogens is 2. The van der Waals surface area contributed by atoms with E-state index in [2.05, 4.69) is 5.32 Å². The number of nitrogens with zero attached hydrogens (tertiary/aromatic N) is 3. The Hall–Kier alpha value is -2.60. The van der Waals surface area contributed by atoms with Gasteiger partial charge in [0.25, 0.3) is 11.6 Å². The number of nitrogens with one attached hydrogen (secondary N) is 1. The van der Waals surface area contributed by atoms with Crippen molar-refractivity contribution in [1.82, 2.24) is 10.2 Å². The van der Waals surface area contributed by atoms with E-state index in [0.29, 0.717) is 18.7 Å². The van der Waals surface area contributed by atoms with Crippen molar-refractivity contribution in [2.45, 2.75) is 6.04 Å². The summed E-state index contributed by atoms with van der Waals surface area (Å²) in [5, 5.41) is 22.8. The van der Waals surface area contributed by atoms with E-state index >= 15 is 0 Å². The van der Waals surface area contributed by atoms with Crippen LogP contribution in [0.3, 0.4) is 0 Å². The van der Waals surface area contributed by atoms with Crippen LogP contribution >= 0.6 is 0 Å². The molecule has 1 N–H and O–H groups in total. The highest BCUT2D eigenvalue weighted by Gasteiger charge is 2.32. The number of carbonyl (C=O) groups is 1. The Kier molecular flexibility index (Phi) is 4.09. The van der Waals surface area contributed by atoms with Crippen LogP contribution in [0.4, 0.5) is 14.5 Å². The lowest BCUT2D eigenvalue weighted by molar-refractivity contribution is -0.385. The summed E-state index contributed by atoms with van der Waals surface area (Å²) in [5.41, 5.74) is -1.39. The molecule has 1 saturated heterocycles. The van der Waals surface area contributed by atoms with Crippen molar-refractivity contribution in [2.24, 2.45) is 0 Å². The SMILES string of the molecule is N#CC1CNCCN1C(=O)c1cc(F)c(F)cc1[N+](=O)[O-].